The van der Waals surface area contributed by atoms with E-state index in [-0.39, 0.29) is 20.5 Å². The van der Waals surface area contributed by atoms with Crippen molar-refractivity contribution in [2.75, 3.05) is 13.6 Å². The summed E-state index contributed by atoms with van der Waals surface area (Å²) in [4.78, 5) is 13.5. The molecule has 0 atom stereocenters. The highest BCUT2D eigenvalue weighted by Crippen LogP contribution is 2.33. The topological polar surface area (TPSA) is 54.5 Å². The van der Waals surface area contributed by atoms with E-state index in [2.05, 4.69) is 0 Å². The van der Waals surface area contributed by atoms with Crippen LogP contribution in [0.25, 0.3) is 0 Å². The zero-order valence-electron chi connectivity index (χ0n) is 11.9. The molecule has 0 unspecified atom stereocenters. The summed E-state index contributed by atoms with van der Waals surface area (Å²) in [6, 6.07) is 2.48. The van der Waals surface area contributed by atoms with E-state index in [1.54, 1.807) is 7.05 Å². The van der Waals surface area contributed by atoms with Crippen molar-refractivity contribution in [3.63, 3.8) is 0 Å². The molecule has 118 valence electrons. The normalized spacial score (nSPS) is 11.8. The Balaban J connectivity index is 3.21. The second kappa shape index (κ2) is 7.18. The molecule has 1 aromatic rings. The van der Waals surface area contributed by atoms with Gasteiger partial charge in [-0.3, -0.25) is 4.79 Å². The first-order chi connectivity index (χ1) is 9.55. The maximum absolute atomic E-state index is 12.4. The van der Waals surface area contributed by atoms with Gasteiger partial charge in [0.2, 0.25) is 0 Å². The zero-order chi connectivity index (χ0) is 16.4. The standard InChI is InChI=1S/C13H16Cl3NO3S/c1-8(2)6-7-17(3)13(18)11-9(14)4-5-10(12(11)15)21(16,19)20/h4-5,8H,6-7H2,1-3H3. The van der Waals surface area contributed by atoms with Crippen molar-refractivity contribution in [1.29, 1.82) is 0 Å². The van der Waals surface area contributed by atoms with Crippen LogP contribution < -0.4 is 0 Å². The van der Waals surface area contributed by atoms with Gasteiger partial charge in [0.25, 0.3) is 15.0 Å². The molecule has 0 aliphatic heterocycles. The highest BCUT2D eigenvalue weighted by Gasteiger charge is 2.25. The molecule has 1 amide bonds. The zero-order valence-corrected chi connectivity index (χ0v) is 14.9. The van der Waals surface area contributed by atoms with E-state index in [0.29, 0.717) is 12.5 Å². The lowest BCUT2D eigenvalue weighted by Gasteiger charge is -2.20. The lowest BCUT2D eigenvalue weighted by Crippen LogP contribution is -2.29. The molecule has 21 heavy (non-hydrogen) atoms. The summed E-state index contributed by atoms with van der Waals surface area (Å²) < 4.78 is 22.9. The largest absolute Gasteiger partial charge is 0.342 e. The van der Waals surface area contributed by atoms with E-state index in [4.69, 9.17) is 33.9 Å². The number of amides is 1. The Kier molecular flexibility index (Phi) is 6.35. The Hall–Kier alpha value is -0.490. The molecule has 0 heterocycles. The van der Waals surface area contributed by atoms with Crippen molar-refractivity contribution in [1.82, 2.24) is 4.90 Å². The fraction of sp³-hybridized carbons (Fsp3) is 0.462. The average Bonchev–Trinajstić information content (AvgIpc) is 2.33. The third-order valence-corrected chi connectivity index (χ3v) is 5.10. The first-order valence-electron chi connectivity index (χ1n) is 6.23. The molecule has 0 spiro atoms. The Morgan fingerprint density at radius 1 is 1.29 bits per heavy atom. The molecule has 0 fully saturated rings. The van der Waals surface area contributed by atoms with Crippen molar-refractivity contribution in [2.45, 2.75) is 25.2 Å². The average molecular weight is 373 g/mol. The first-order valence-corrected chi connectivity index (χ1v) is 9.30. The van der Waals surface area contributed by atoms with Crippen molar-refractivity contribution in [3.8, 4) is 0 Å². The minimum atomic E-state index is -4.05. The molecular weight excluding hydrogens is 357 g/mol. The van der Waals surface area contributed by atoms with E-state index < -0.39 is 15.0 Å². The predicted octanol–water partition coefficient (Wildman–Crippen LogP) is 4.04. The summed E-state index contributed by atoms with van der Waals surface area (Å²) in [7, 11) is 2.86. The molecule has 1 aromatic carbocycles. The monoisotopic (exact) mass is 371 g/mol. The number of hydrogen-bond acceptors (Lipinski definition) is 3. The van der Waals surface area contributed by atoms with Crippen molar-refractivity contribution in [3.05, 3.63) is 27.7 Å². The van der Waals surface area contributed by atoms with Gasteiger partial charge in [0.15, 0.2) is 0 Å². The molecule has 4 nitrogen and oxygen atoms in total. The highest BCUT2D eigenvalue weighted by atomic mass is 35.7. The molecule has 0 aliphatic rings. The number of rotatable bonds is 5. The molecule has 0 N–H and O–H groups in total. The van der Waals surface area contributed by atoms with Gasteiger partial charge in [-0.05, 0) is 24.5 Å². The van der Waals surface area contributed by atoms with Crippen LogP contribution in [0.2, 0.25) is 10.0 Å². The fourth-order valence-corrected chi connectivity index (χ4v) is 3.55. The van der Waals surface area contributed by atoms with Gasteiger partial charge in [-0.2, -0.15) is 0 Å². The van der Waals surface area contributed by atoms with Crippen LogP contribution in [-0.4, -0.2) is 32.8 Å². The number of carbonyl (C=O) groups is 1. The smallest absolute Gasteiger partial charge is 0.262 e. The maximum Gasteiger partial charge on any atom is 0.262 e. The molecular formula is C13H16Cl3NO3S. The molecule has 0 aromatic heterocycles. The van der Waals surface area contributed by atoms with Crippen LogP contribution in [0.15, 0.2) is 17.0 Å². The predicted molar refractivity (Wildman–Crippen MR) is 85.9 cm³/mol. The Morgan fingerprint density at radius 2 is 1.86 bits per heavy atom. The van der Waals surface area contributed by atoms with Crippen LogP contribution in [0.1, 0.15) is 30.6 Å². The number of hydrogen-bond donors (Lipinski definition) is 0. The van der Waals surface area contributed by atoms with E-state index in [1.807, 2.05) is 13.8 Å². The SMILES string of the molecule is CC(C)CCN(C)C(=O)c1c(Cl)ccc(S(=O)(=O)Cl)c1Cl. The van der Waals surface area contributed by atoms with Gasteiger partial charge in [-0.15, -0.1) is 0 Å². The lowest BCUT2D eigenvalue weighted by molar-refractivity contribution is 0.0789. The number of nitrogens with zero attached hydrogens (tertiary/aromatic N) is 1. The van der Waals surface area contributed by atoms with Crippen molar-refractivity contribution < 1.29 is 13.2 Å². The fourth-order valence-electron chi connectivity index (χ4n) is 1.66. The van der Waals surface area contributed by atoms with E-state index >= 15 is 0 Å². The van der Waals surface area contributed by atoms with E-state index in [0.717, 1.165) is 6.42 Å². The highest BCUT2D eigenvalue weighted by molar-refractivity contribution is 8.13. The van der Waals surface area contributed by atoms with Gasteiger partial charge in [0.05, 0.1) is 15.6 Å². The van der Waals surface area contributed by atoms with Crippen LogP contribution in [0.4, 0.5) is 0 Å². The van der Waals surface area contributed by atoms with Gasteiger partial charge >= 0.3 is 0 Å². The summed E-state index contributed by atoms with van der Waals surface area (Å²) >= 11 is 12.0. The maximum atomic E-state index is 12.4. The van der Waals surface area contributed by atoms with Crippen LogP contribution in [0.3, 0.4) is 0 Å². The van der Waals surface area contributed by atoms with Gasteiger partial charge in [-0.1, -0.05) is 37.0 Å². The molecule has 0 radical (unpaired) electrons. The summed E-state index contributed by atoms with van der Waals surface area (Å²) in [5, 5.41) is -0.163. The Morgan fingerprint density at radius 3 is 2.33 bits per heavy atom. The third-order valence-electron chi connectivity index (χ3n) is 2.92. The van der Waals surface area contributed by atoms with Crippen LogP contribution in [0.5, 0.6) is 0 Å². The minimum absolute atomic E-state index is 0.0497. The van der Waals surface area contributed by atoms with E-state index in [1.165, 1.54) is 17.0 Å². The molecule has 8 heteroatoms. The van der Waals surface area contributed by atoms with Gasteiger partial charge < -0.3 is 4.90 Å². The molecule has 0 bridgehead atoms. The van der Waals surface area contributed by atoms with Crippen LogP contribution >= 0.6 is 33.9 Å². The van der Waals surface area contributed by atoms with Crippen molar-refractivity contribution >= 4 is 48.8 Å². The number of carbonyl (C=O) groups excluding carboxylic acids is 1. The third kappa shape index (κ3) is 4.74. The van der Waals surface area contributed by atoms with Crippen LogP contribution in [-0.2, 0) is 9.05 Å². The van der Waals surface area contributed by atoms with Gasteiger partial charge in [0.1, 0.15) is 4.90 Å². The van der Waals surface area contributed by atoms with Crippen molar-refractivity contribution in [2.24, 2.45) is 5.92 Å². The van der Waals surface area contributed by atoms with Crippen LogP contribution in [0, 0.1) is 5.92 Å². The molecule has 0 aliphatic carbocycles. The summed E-state index contributed by atoms with van der Waals surface area (Å²) in [6.45, 7) is 4.60. The summed E-state index contributed by atoms with van der Waals surface area (Å²) in [5.74, 6) is -0.00596. The second-order valence-corrected chi connectivity index (χ2v) is 8.40. The van der Waals surface area contributed by atoms with Gasteiger partial charge in [-0.25, -0.2) is 8.42 Å². The Labute approximate surface area is 139 Å². The molecule has 1 rings (SSSR count). The summed E-state index contributed by atoms with van der Waals surface area (Å²) in [6.07, 6.45) is 0.810. The van der Waals surface area contributed by atoms with Gasteiger partial charge in [0, 0.05) is 24.3 Å². The molecule has 0 saturated carbocycles. The van der Waals surface area contributed by atoms with E-state index in [9.17, 15) is 13.2 Å². The summed E-state index contributed by atoms with van der Waals surface area (Å²) in [5.41, 5.74) is -0.0497. The minimum Gasteiger partial charge on any atom is -0.342 e. The first kappa shape index (κ1) is 18.6. The molecule has 0 saturated heterocycles. The number of benzene rings is 1. The lowest BCUT2D eigenvalue weighted by atomic mass is 10.1. The number of halogens is 3. The second-order valence-electron chi connectivity index (χ2n) is 5.08. The Bertz CT molecular complexity index is 644. The quantitative estimate of drug-likeness (QED) is 0.733.